The van der Waals surface area contributed by atoms with Gasteiger partial charge in [0.2, 0.25) is 0 Å². The molecule has 0 N–H and O–H groups in total. The van der Waals surface area contributed by atoms with Gasteiger partial charge in [0, 0.05) is 15.1 Å². The predicted molar refractivity (Wildman–Crippen MR) is 175 cm³/mol. The van der Waals surface area contributed by atoms with Crippen LogP contribution in [0.5, 0.6) is 11.5 Å². The van der Waals surface area contributed by atoms with Crippen LogP contribution < -0.4 is 14.4 Å². The van der Waals surface area contributed by atoms with Gasteiger partial charge in [0.25, 0.3) is 5.91 Å². The molecule has 202 valence electrons. The summed E-state index contributed by atoms with van der Waals surface area (Å²) in [6.07, 6.45) is 1.83. The Labute approximate surface area is 264 Å². The number of amidine groups is 1. The maximum absolute atomic E-state index is 13.7. The van der Waals surface area contributed by atoms with Crippen molar-refractivity contribution in [3.63, 3.8) is 0 Å². The maximum Gasteiger partial charge on any atom is 0.271 e. The molecular weight excluding hydrogens is 702 g/mol. The quantitative estimate of drug-likeness (QED) is 0.141. The minimum atomic E-state index is -0.197. The lowest BCUT2D eigenvalue weighted by Gasteiger charge is -2.16. The van der Waals surface area contributed by atoms with Gasteiger partial charge in [-0.1, -0.05) is 46.9 Å². The Morgan fingerprint density at radius 1 is 0.900 bits per heavy atom. The number of hydrogen-bond acceptors (Lipinski definition) is 5. The molecule has 40 heavy (non-hydrogen) atoms. The van der Waals surface area contributed by atoms with Gasteiger partial charge in [0.05, 0.1) is 27.0 Å². The third kappa shape index (κ3) is 6.78. The highest BCUT2D eigenvalue weighted by atomic mass is 127. The van der Waals surface area contributed by atoms with Crippen LogP contribution in [0.1, 0.15) is 11.1 Å². The molecule has 0 aliphatic carbocycles. The number of halogens is 4. The molecule has 0 unspecified atom stereocenters. The molecule has 4 aromatic carbocycles. The normalized spacial score (nSPS) is 15.2. The molecule has 1 fully saturated rings. The van der Waals surface area contributed by atoms with Gasteiger partial charge in [-0.05, 0) is 124 Å². The first-order chi connectivity index (χ1) is 19.3. The summed E-state index contributed by atoms with van der Waals surface area (Å²) in [6.45, 7) is 0.360. The minimum absolute atomic E-state index is 0.197. The van der Waals surface area contributed by atoms with Crippen molar-refractivity contribution < 1.29 is 14.3 Å². The molecule has 4 aromatic rings. The second-order valence-electron chi connectivity index (χ2n) is 8.55. The Hall–Kier alpha value is -2.69. The number of thioether (sulfide) groups is 1. The summed E-state index contributed by atoms with van der Waals surface area (Å²) in [7, 11) is 1.59. The number of hydrogen-bond donors (Lipinski definition) is 0. The number of methoxy groups -OCH3 is 1. The summed E-state index contributed by atoms with van der Waals surface area (Å²) < 4.78 is 12.6. The van der Waals surface area contributed by atoms with Gasteiger partial charge < -0.3 is 9.47 Å². The number of nitrogens with zero attached hydrogens (tertiary/aromatic N) is 2. The first-order valence-electron chi connectivity index (χ1n) is 11.9. The molecular formula is C30H20Cl3IN2O3S. The van der Waals surface area contributed by atoms with Gasteiger partial charge >= 0.3 is 0 Å². The van der Waals surface area contributed by atoms with Crippen LogP contribution in [-0.2, 0) is 11.4 Å². The maximum atomic E-state index is 13.7. The molecule has 5 nitrogen and oxygen atoms in total. The number of carbonyl (C=O) groups excluding carboxylic acids is 1. The molecule has 0 spiro atoms. The zero-order valence-electron chi connectivity index (χ0n) is 20.9. The zero-order valence-corrected chi connectivity index (χ0v) is 26.1. The van der Waals surface area contributed by atoms with E-state index in [2.05, 4.69) is 22.6 Å². The summed E-state index contributed by atoms with van der Waals surface area (Å²) >= 11 is 21.6. The summed E-state index contributed by atoms with van der Waals surface area (Å²) in [5, 5.41) is 2.38. The van der Waals surface area contributed by atoms with Gasteiger partial charge in [-0.3, -0.25) is 9.69 Å². The highest BCUT2D eigenvalue weighted by Gasteiger charge is 2.35. The number of anilines is 1. The van der Waals surface area contributed by atoms with Crippen LogP contribution in [0, 0.1) is 3.57 Å². The van der Waals surface area contributed by atoms with Gasteiger partial charge in [0.1, 0.15) is 6.61 Å². The van der Waals surface area contributed by atoms with Crippen molar-refractivity contribution in [1.82, 2.24) is 0 Å². The fourth-order valence-corrected chi connectivity index (χ4v) is 6.00. The Morgan fingerprint density at radius 2 is 1.50 bits per heavy atom. The molecule has 0 radical (unpaired) electrons. The van der Waals surface area contributed by atoms with E-state index in [-0.39, 0.29) is 5.91 Å². The van der Waals surface area contributed by atoms with Crippen LogP contribution in [0.25, 0.3) is 6.08 Å². The fraction of sp³-hybridized carbons (Fsp3) is 0.0667. The van der Waals surface area contributed by atoms with Crippen molar-refractivity contribution in [1.29, 1.82) is 0 Å². The lowest BCUT2D eigenvalue weighted by molar-refractivity contribution is -0.113. The number of ether oxygens (including phenoxy) is 2. The molecule has 1 aliphatic heterocycles. The summed E-state index contributed by atoms with van der Waals surface area (Å²) in [5.74, 6) is 0.989. The van der Waals surface area contributed by atoms with Crippen molar-refractivity contribution in [2.45, 2.75) is 6.61 Å². The lowest BCUT2D eigenvalue weighted by atomic mass is 10.1. The van der Waals surface area contributed by atoms with E-state index in [0.29, 0.717) is 54.6 Å². The largest absolute Gasteiger partial charge is 0.493 e. The topological polar surface area (TPSA) is 51.1 Å². The second kappa shape index (κ2) is 12.9. The average Bonchev–Trinajstić information content (AvgIpc) is 3.24. The second-order valence-corrected chi connectivity index (χ2v) is 12.0. The van der Waals surface area contributed by atoms with Crippen LogP contribution in [0.2, 0.25) is 15.1 Å². The predicted octanol–water partition coefficient (Wildman–Crippen LogP) is 9.65. The molecule has 0 aromatic heterocycles. The van der Waals surface area contributed by atoms with Crippen molar-refractivity contribution >= 4 is 97.7 Å². The van der Waals surface area contributed by atoms with Crippen LogP contribution in [0.3, 0.4) is 0 Å². The number of amides is 1. The van der Waals surface area contributed by atoms with Crippen LogP contribution in [0.15, 0.2) is 94.8 Å². The third-order valence-corrected chi connectivity index (χ3v) is 8.31. The Balaban J connectivity index is 1.46. The number of rotatable bonds is 7. The number of benzene rings is 4. The first-order valence-corrected chi connectivity index (χ1v) is 14.9. The Bertz CT molecular complexity index is 1610. The number of aliphatic imine (C=N–C) groups is 1. The molecule has 1 saturated heterocycles. The molecule has 0 atom stereocenters. The van der Waals surface area contributed by atoms with Crippen molar-refractivity contribution in [3.8, 4) is 11.5 Å². The van der Waals surface area contributed by atoms with E-state index in [9.17, 15) is 4.79 Å². The summed E-state index contributed by atoms with van der Waals surface area (Å²) in [4.78, 5) is 20.5. The van der Waals surface area contributed by atoms with E-state index in [0.717, 1.165) is 14.7 Å². The smallest absolute Gasteiger partial charge is 0.271 e. The van der Waals surface area contributed by atoms with Crippen LogP contribution in [0.4, 0.5) is 11.4 Å². The van der Waals surface area contributed by atoms with Crippen molar-refractivity contribution in [2.24, 2.45) is 4.99 Å². The molecule has 5 rings (SSSR count). The van der Waals surface area contributed by atoms with Gasteiger partial charge in [-0.25, -0.2) is 4.99 Å². The minimum Gasteiger partial charge on any atom is -0.493 e. The average molecular weight is 722 g/mol. The number of carbonyl (C=O) groups is 1. The standard InChI is InChI=1S/C30H20Cl3IN2O3S/c1-38-26-15-19(14-25(34)28(26)39-17-18-2-4-20(31)5-3-18)16-27-29(37)36(24-12-8-22(33)9-13-24)30(40-27)35-23-10-6-21(32)7-11-23/h2-16H,17H2,1H3/b27-16-,35-30?. The molecule has 10 heteroatoms. The van der Waals surface area contributed by atoms with E-state index in [1.54, 1.807) is 60.5 Å². The monoisotopic (exact) mass is 720 g/mol. The molecule has 1 aliphatic rings. The van der Waals surface area contributed by atoms with Gasteiger partial charge in [-0.15, -0.1) is 0 Å². The summed E-state index contributed by atoms with van der Waals surface area (Å²) in [5.41, 5.74) is 3.12. The highest BCUT2D eigenvalue weighted by Crippen LogP contribution is 2.40. The Kier molecular flexibility index (Phi) is 9.27. The SMILES string of the molecule is COc1cc(/C=C2\SC(=Nc3ccc(Cl)cc3)N(c3ccc(Cl)cc3)C2=O)cc(I)c1OCc1ccc(Cl)cc1. The van der Waals surface area contributed by atoms with Crippen LogP contribution >= 0.6 is 69.2 Å². The first kappa shape index (κ1) is 28.8. The zero-order chi connectivity index (χ0) is 28.2. The van der Waals surface area contributed by atoms with Gasteiger partial charge in [0.15, 0.2) is 16.7 Å². The van der Waals surface area contributed by atoms with E-state index >= 15 is 0 Å². The molecule has 0 saturated carbocycles. The lowest BCUT2D eigenvalue weighted by Crippen LogP contribution is -2.28. The molecule has 1 heterocycles. The molecule has 1 amide bonds. The van der Waals surface area contributed by atoms with E-state index in [1.807, 2.05) is 42.5 Å². The summed E-state index contributed by atoms with van der Waals surface area (Å²) in [6, 6.07) is 25.5. The van der Waals surface area contributed by atoms with Crippen LogP contribution in [-0.4, -0.2) is 18.2 Å². The fourth-order valence-electron chi connectivity index (χ4n) is 3.84. The van der Waals surface area contributed by atoms with Crippen molar-refractivity contribution in [2.75, 3.05) is 12.0 Å². The Morgan fingerprint density at radius 3 is 2.12 bits per heavy atom. The molecule has 0 bridgehead atoms. The van der Waals surface area contributed by atoms with E-state index < -0.39 is 0 Å². The van der Waals surface area contributed by atoms with Gasteiger partial charge in [-0.2, -0.15) is 0 Å². The van der Waals surface area contributed by atoms with Crippen molar-refractivity contribution in [3.05, 3.63) is 120 Å². The van der Waals surface area contributed by atoms with E-state index in [1.165, 1.54) is 11.8 Å². The van der Waals surface area contributed by atoms with E-state index in [4.69, 9.17) is 49.3 Å². The highest BCUT2D eigenvalue weighted by molar-refractivity contribution is 14.1. The third-order valence-electron chi connectivity index (χ3n) is 5.79.